The summed E-state index contributed by atoms with van der Waals surface area (Å²) in [6.45, 7) is 2.03. The van der Waals surface area contributed by atoms with Gasteiger partial charge in [0.1, 0.15) is 0 Å². The van der Waals surface area contributed by atoms with Gasteiger partial charge in [0, 0.05) is 10.0 Å². The fraction of sp³-hybridized carbons (Fsp3) is 0.0625. The van der Waals surface area contributed by atoms with Gasteiger partial charge in [-0.25, -0.2) is 0 Å². The summed E-state index contributed by atoms with van der Waals surface area (Å²) in [6.07, 6.45) is 3.44. The first-order valence-electron chi connectivity index (χ1n) is 5.70. The zero-order valence-electron chi connectivity index (χ0n) is 10.1. The Morgan fingerprint density at radius 3 is 2.50 bits per heavy atom. The van der Waals surface area contributed by atoms with Gasteiger partial charge in [-0.1, -0.05) is 64.5 Å². The van der Waals surface area contributed by atoms with Crippen molar-refractivity contribution in [3.63, 3.8) is 0 Å². The van der Waals surface area contributed by atoms with Gasteiger partial charge < -0.3 is 0 Å². The molecule has 0 amide bonds. The molecule has 1 nitrogen and oxygen atoms in total. The van der Waals surface area contributed by atoms with Crippen LogP contribution in [0.25, 0.3) is 6.08 Å². The van der Waals surface area contributed by atoms with Gasteiger partial charge in [0.25, 0.3) is 0 Å². The van der Waals surface area contributed by atoms with Gasteiger partial charge in [0.15, 0.2) is 5.78 Å². The summed E-state index contributed by atoms with van der Waals surface area (Å²) in [7, 11) is 0. The summed E-state index contributed by atoms with van der Waals surface area (Å²) in [6, 6.07) is 15.3. The molecule has 2 rings (SSSR count). The largest absolute Gasteiger partial charge is 0.289 e. The molecule has 0 saturated heterocycles. The molecule has 0 heterocycles. The van der Waals surface area contributed by atoms with E-state index in [1.165, 1.54) is 5.56 Å². The van der Waals surface area contributed by atoms with Crippen molar-refractivity contribution in [3.05, 3.63) is 75.8 Å². The summed E-state index contributed by atoms with van der Waals surface area (Å²) >= 11 is 3.48. The number of benzene rings is 2. The zero-order chi connectivity index (χ0) is 13.0. The lowest BCUT2D eigenvalue weighted by molar-refractivity contribution is 0.104. The second-order valence-corrected chi connectivity index (χ2v) is 4.93. The molecular weight excluding hydrogens is 288 g/mol. The van der Waals surface area contributed by atoms with Crippen LogP contribution in [-0.4, -0.2) is 5.78 Å². The Bertz CT molecular complexity index is 585. The minimum Gasteiger partial charge on any atom is -0.289 e. The Kier molecular flexibility index (Phi) is 4.11. The van der Waals surface area contributed by atoms with E-state index < -0.39 is 0 Å². The summed E-state index contributed by atoms with van der Waals surface area (Å²) in [5.41, 5.74) is 2.90. The molecule has 0 aliphatic rings. The van der Waals surface area contributed by atoms with Crippen LogP contribution in [0.1, 0.15) is 21.5 Å². The van der Waals surface area contributed by atoms with Crippen molar-refractivity contribution in [1.82, 2.24) is 0 Å². The van der Waals surface area contributed by atoms with Crippen molar-refractivity contribution < 1.29 is 4.79 Å². The standard InChI is InChI=1S/C16H13BrO/c1-12-7-8-13(11-15(12)17)9-10-16(18)14-5-3-2-4-6-14/h2-11H,1H3/b10-9+. The van der Waals surface area contributed by atoms with E-state index in [2.05, 4.69) is 15.9 Å². The molecule has 0 aliphatic carbocycles. The van der Waals surface area contributed by atoms with Crippen LogP contribution in [-0.2, 0) is 0 Å². The number of aryl methyl sites for hydroxylation is 1. The first-order chi connectivity index (χ1) is 8.66. The van der Waals surface area contributed by atoms with Crippen LogP contribution in [0.15, 0.2) is 59.1 Å². The predicted molar refractivity (Wildman–Crippen MR) is 78.7 cm³/mol. The molecular formula is C16H13BrO. The molecule has 90 valence electrons. The normalized spacial score (nSPS) is 10.8. The molecule has 2 aromatic rings. The lowest BCUT2D eigenvalue weighted by atomic mass is 10.1. The SMILES string of the molecule is Cc1ccc(/C=C/C(=O)c2ccccc2)cc1Br. The molecule has 0 atom stereocenters. The van der Waals surface area contributed by atoms with E-state index >= 15 is 0 Å². The predicted octanol–water partition coefficient (Wildman–Crippen LogP) is 4.65. The number of hydrogen-bond donors (Lipinski definition) is 0. The number of allylic oxidation sites excluding steroid dienone is 1. The molecule has 0 N–H and O–H groups in total. The fourth-order valence-corrected chi connectivity index (χ4v) is 1.98. The average Bonchev–Trinajstić information content (AvgIpc) is 2.41. The molecule has 0 bridgehead atoms. The van der Waals surface area contributed by atoms with E-state index in [-0.39, 0.29) is 5.78 Å². The fourth-order valence-electron chi connectivity index (χ4n) is 1.58. The van der Waals surface area contributed by atoms with Crippen LogP contribution in [0.5, 0.6) is 0 Å². The first-order valence-corrected chi connectivity index (χ1v) is 6.50. The highest BCUT2D eigenvalue weighted by molar-refractivity contribution is 9.10. The van der Waals surface area contributed by atoms with Crippen LogP contribution >= 0.6 is 15.9 Å². The summed E-state index contributed by atoms with van der Waals surface area (Å²) in [5, 5.41) is 0. The third kappa shape index (κ3) is 3.17. The van der Waals surface area contributed by atoms with Crippen molar-refractivity contribution in [3.8, 4) is 0 Å². The van der Waals surface area contributed by atoms with Crippen molar-refractivity contribution in [2.75, 3.05) is 0 Å². The van der Waals surface area contributed by atoms with E-state index in [9.17, 15) is 4.79 Å². The number of hydrogen-bond acceptors (Lipinski definition) is 1. The lowest BCUT2D eigenvalue weighted by Crippen LogP contribution is -1.92. The Morgan fingerprint density at radius 2 is 1.83 bits per heavy atom. The van der Waals surface area contributed by atoms with E-state index in [0.717, 1.165) is 10.0 Å². The Morgan fingerprint density at radius 1 is 1.11 bits per heavy atom. The third-order valence-corrected chi connectivity index (χ3v) is 3.54. The monoisotopic (exact) mass is 300 g/mol. The topological polar surface area (TPSA) is 17.1 Å². The maximum Gasteiger partial charge on any atom is 0.185 e. The highest BCUT2D eigenvalue weighted by Gasteiger charge is 2.00. The Labute approximate surface area is 115 Å². The minimum absolute atomic E-state index is 0.0206. The van der Waals surface area contributed by atoms with E-state index in [1.807, 2.05) is 61.5 Å². The van der Waals surface area contributed by atoms with Crippen molar-refractivity contribution in [1.29, 1.82) is 0 Å². The summed E-state index contributed by atoms with van der Waals surface area (Å²) in [4.78, 5) is 11.9. The molecule has 0 aromatic heterocycles. The quantitative estimate of drug-likeness (QED) is 0.595. The smallest absolute Gasteiger partial charge is 0.185 e. The number of rotatable bonds is 3. The van der Waals surface area contributed by atoms with E-state index in [4.69, 9.17) is 0 Å². The van der Waals surface area contributed by atoms with Gasteiger partial charge in [-0.2, -0.15) is 0 Å². The molecule has 18 heavy (non-hydrogen) atoms. The second kappa shape index (κ2) is 5.78. The molecule has 0 spiro atoms. The van der Waals surface area contributed by atoms with Crippen LogP contribution < -0.4 is 0 Å². The van der Waals surface area contributed by atoms with Crippen molar-refractivity contribution in [2.24, 2.45) is 0 Å². The van der Waals surface area contributed by atoms with Crippen LogP contribution in [0, 0.1) is 6.92 Å². The average molecular weight is 301 g/mol. The van der Waals surface area contributed by atoms with E-state index in [1.54, 1.807) is 6.08 Å². The molecule has 0 unspecified atom stereocenters. The van der Waals surface area contributed by atoms with Gasteiger partial charge in [-0.3, -0.25) is 4.79 Å². The first kappa shape index (κ1) is 12.8. The van der Waals surface area contributed by atoms with Crippen LogP contribution in [0.3, 0.4) is 0 Å². The molecule has 2 aromatic carbocycles. The second-order valence-electron chi connectivity index (χ2n) is 4.07. The van der Waals surface area contributed by atoms with Gasteiger partial charge in [-0.15, -0.1) is 0 Å². The number of halogens is 1. The third-order valence-electron chi connectivity index (χ3n) is 2.68. The Hall–Kier alpha value is -1.67. The molecule has 2 heteroatoms. The summed E-state index contributed by atoms with van der Waals surface area (Å²) < 4.78 is 1.05. The van der Waals surface area contributed by atoms with Crippen molar-refractivity contribution >= 4 is 27.8 Å². The number of ketones is 1. The van der Waals surface area contributed by atoms with Crippen LogP contribution in [0.2, 0.25) is 0 Å². The van der Waals surface area contributed by atoms with Gasteiger partial charge in [-0.05, 0) is 30.2 Å². The Balaban J connectivity index is 2.16. The van der Waals surface area contributed by atoms with Gasteiger partial charge in [0.05, 0.1) is 0 Å². The summed E-state index contributed by atoms with van der Waals surface area (Å²) in [5.74, 6) is 0.0206. The minimum atomic E-state index is 0.0206. The van der Waals surface area contributed by atoms with Crippen molar-refractivity contribution in [2.45, 2.75) is 6.92 Å². The molecule has 0 saturated carbocycles. The maximum atomic E-state index is 11.9. The zero-order valence-corrected chi connectivity index (χ0v) is 11.6. The highest BCUT2D eigenvalue weighted by Crippen LogP contribution is 2.18. The van der Waals surface area contributed by atoms with Gasteiger partial charge >= 0.3 is 0 Å². The number of carbonyl (C=O) groups excluding carboxylic acids is 1. The molecule has 0 fully saturated rings. The van der Waals surface area contributed by atoms with Crippen LogP contribution in [0.4, 0.5) is 0 Å². The van der Waals surface area contributed by atoms with E-state index in [0.29, 0.717) is 5.56 Å². The molecule has 0 radical (unpaired) electrons. The maximum absolute atomic E-state index is 11.9. The highest BCUT2D eigenvalue weighted by atomic mass is 79.9. The molecule has 0 aliphatic heterocycles. The lowest BCUT2D eigenvalue weighted by Gasteiger charge is -1.99. The van der Waals surface area contributed by atoms with Gasteiger partial charge in [0.2, 0.25) is 0 Å². The number of carbonyl (C=O) groups is 1.